The van der Waals surface area contributed by atoms with Crippen LogP contribution in [0.1, 0.15) is 38.5 Å². The fourth-order valence-corrected chi connectivity index (χ4v) is 3.85. The number of carbonyl (C=O) groups is 1. The third kappa shape index (κ3) is 3.46. The zero-order valence-electron chi connectivity index (χ0n) is 11.9. The fourth-order valence-electron chi connectivity index (χ4n) is 3.51. The number of carbonyl (C=O) groups excluding carboxylic acids is 1. The van der Waals surface area contributed by atoms with Gasteiger partial charge in [0.15, 0.2) is 0 Å². The van der Waals surface area contributed by atoms with Gasteiger partial charge in [0, 0.05) is 10.5 Å². The summed E-state index contributed by atoms with van der Waals surface area (Å²) in [6.07, 6.45) is 6.91. The molecule has 1 aromatic rings. The number of halogens is 2. The Bertz CT molecular complexity index is 537. The van der Waals surface area contributed by atoms with Gasteiger partial charge in [-0.15, -0.1) is 0 Å². The van der Waals surface area contributed by atoms with Gasteiger partial charge in [0.05, 0.1) is 11.7 Å². The largest absolute Gasteiger partial charge is 0.322 e. The normalized spacial score (nSPS) is 28.8. The third-order valence-electron chi connectivity index (χ3n) is 4.66. The van der Waals surface area contributed by atoms with Crippen LogP contribution in [0.5, 0.6) is 0 Å². The van der Waals surface area contributed by atoms with Gasteiger partial charge in [-0.05, 0) is 49.8 Å². The highest BCUT2D eigenvalue weighted by molar-refractivity contribution is 9.10. The van der Waals surface area contributed by atoms with Gasteiger partial charge in [-0.1, -0.05) is 28.8 Å². The molecule has 2 N–H and O–H groups in total. The summed E-state index contributed by atoms with van der Waals surface area (Å²) in [4.78, 5) is 12.3. The van der Waals surface area contributed by atoms with Gasteiger partial charge in [0.2, 0.25) is 5.91 Å². The molecule has 1 saturated heterocycles. The molecule has 1 amide bonds. The Morgan fingerprint density at radius 3 is 2.86 bits per heavy atom. The second-order valence-electron chi connectivity index (χ2n) is 6.06. The zero-order valence-corrected chi connectivity index (χ0v) is 13.5. The molecular weight excluding hydrogens is 335 g/mol. The van der Waals surface area contributed by atoms with E-state index in [4.69, 9.17) is 0 Å². The van der Waals surface area contributed by atoms with Gasteiger partial charge in [-0.25, -0.2) is 4.39 Å². The fraction of sp³-hybridized carbons (Fsp3) is 0.562. The molecule has 1 heterocycles. The minimum atomic E-state index is -0.413. The molecule has 1 aliphatic heterocycles. The monoisotopic (exact) mass is 354 g/mol. The Balaban J connectivity index is 1.63. The number of hydrogen-bond acceptors (Lipinski definition) is 2. The molecular formula is C16H20BrFN2O. The SMILES string of the molecule is O=C(Nc1ccc(Br)cc1F)C1CCC2CCCCC2N1. The summed E-state index contributed by atoms with van der Waals surface area (Å²) in [6, 6.07) is 4.93. The van der Waals surface area contributed by atoms with Gasteiger partial charge >= 0.3 is 0 Å². The molecule has 1 aromatic carbocycles. The Hall–Kier alpha value is -0.940. The number of nitrogens with one attached hydrogen (secondary N) is 2. The molecule has 3 unspecified atom stereocenters. The quantitative estimate of drug-likeness (QED) is 0.847. The first-order chi connectivity index (χ1) is 10.1. The topological polar surface area (TPSA) is 41.1 Å². The number of hydrogen-bond donors (Lipinski definition) is 2. The Labute approximate surface area is 132 Å². The molecule has 1 aliphatic carbocycles. The van der Waals surface area contributed by atoms with Gasteiger partial charge in [-0.3, -0.25) is 4.79 Å². The van der Waals surface area contributed by atoms with E-state index >= 15 is 0 Å². The maximum absolute atomic E-state index is 13.8. The number of rotatable bonds is 2. The predicted molar refractivity (Wildman–Crippen MR) is 84.6 cm³/mol. The van der Waals surface area contributed by atoms with Gasteiger partial charge in [0.25, 0.3) is 0 Å². The van der Waals surface area contributed by atoms with Crippen LogP contribution in [-0.2, 0) is 4.79 Å². The number of piperidine rings is 1. The van der Waals surface area contributed by atoms with E-state index < -0.39 is 5.82 Å². The van der Waals surface area contributed by atoms with E-state index in [0.29, 0.717) is 16.4 Å². The van der Waals surface area contributed by atoms with E-state index in [-0.39, 0.29) is 17.6 Å². The van der Waals surface area contributed by atoms with Crippen molar-refractivity contribution in [2.45, 2.75) is 50.6 Å². The molecule has 114 valence electrons. The number of amides is 1. The molecule has 3 nitrogen and oxygen atoms in total. The van der Waals surface area contributed by atoms with Crippen molar-refractivity contribution in [1.82, 2.24) is 5.32 Å². The van der Waals surface area contributed by atoms with Crippen molar-refractivity contribution >= 4 is 27.5 Å². The van der Waals surface area contributed by atoms with Crippen molar-refractivity contribution in [2.75, 3.05) is 5.32 Å². The molecule has 3 rings (SSSR count). The lowest BCUT2D eigenvalue weighted by Crippen LogP contribution is -2.53. The molecule has 0 bridgehead atoms. The Morgan fingerprint density at radius 1 is 1.24 bits per heavy atom. The van der Waals surface area contributed by atoms with Crippen LogP contribution in [0.3, 0.4) is 0 Å². The maximum atomic E-state index is 13.8. The minimum absolute atomic E-state index is 0.125. The average Bonchev–Trinajstić information content (AvgIpc) is 2.49. The molecule has 2 aliphatic rings. The van der Waals surface area contributed by atoms with Crippen LogP contribution in [0.15, 0.2) is 22.7 Å². The van der Waals surface area contributed by atoms with E-state index in [1.54, 1.807) is 12.1 Å². The van der Waals surface area contributed by atoms with Crippen molar-refractivity contribution in [3.05, 3.63) is 28.5 Å². The Kier molecular flexibility index (Phi) is 4.60. The molecule has 0 aromatic heterocycles. The summed E-state index contributed by atoms with van der Waals surface area (Å²) in [5.41, 5.74) is 0.246. The molecule has 1 saturated carbocycles. The first-order valence-corrected chi connectivity index (χ1v) is 8.45. The van der Waals surface area contributed by atoms with Crippen molar-refractivity contribution < 1.29 is 9.18 Å². The summed E-state index contributed by atoms with van der Waals surface area (Å²) in [6.45, 7) is 0. The van der Waals surface area contributed by atoms with Crippen LogP contribution in [-0.4, -0.2) is 18.0 Å². The molecule has 2 fully saturated rings. The van der Waals surface area contributed by atoms with E-state index in [9.17, 15) is 9.18 Å². The lowest BCUT2D eigenvalue weighted by molar-refractivity contribution is -0.119. The van der Waals surface area contributed by atoms with E-state index in [0.717, 1.165) is 19.3 Å². The number of anilines is 1. The van der Waals surface area contributed by atoms with Crippen molar-refractivity contribution in [3.8, 4) is 0 Å². The first-order valence-electron chi connectivity index (χ1n) is 7.65. The summed E-state index contributed by atoms with van der Waals surface area (Å²) in [7, 11) is 0. The van der Waals surface area contributed by atoms with Crippen LogP contribution in [0.4, 0.5) is 10.1 Å². The van der Waals surface area contributed by atoms with E-state index in [2.05, 4.69) is 26.6 Å². The second-order valence-corrected chi connectivity index (χ2v) is 6.98. The van der Waals surface area contributed by atoms with Crippen molar-refractivity contribution in [3.63, 3.8) is 0 Å². The second kappa shape index (κ2) is 6.44. The Morgan fingerprint density at radius 2 is 2.05 bits per heavy atom. The summed E-state index contributed by atoms with van der Waals surface area (Å²) >= 11 is 3.21. The molecule has 0 spiro atoms. The average molecular weight is 355 g/mol. The highest BCUT2D eigenvalue weighted by atomic mass is 79.9. The minimum Gasteiger partial charge on any atom is -0.322 e. The summed E-state index contributed by atoms with van der Waals surface area (Å²) < 4.78 is 14.4. The number of fused-ring (bicyclic) bond motifs is 1. The summed E-state index contributed by atoms with van der Waals surface area (Å²) in [5.74, 6) is 0.177. The summed E-state index contributed by atoms with van der Waals surface area (Å²) in [5, 5.41) is 6.17. The van der Waals surface area contributed by atoms with Crippen LogP contribution < -0.4 is 10.6 Å². The molecule has 3 atom stereocenters. The number of benzene rings is 1. The standard InChI is InChI=1S/C16H20BrFN2O/c17-11-6-8-14(12(18)9-11)20-16(21)15-7-5-10-3-1-2-4-13(10)19-15/h6,8-10,13,15,19H,1-5,7H2,(H,20,21). The molecule has 5 heteroatoms. The lowest BCUT2D eigenvalue weighted by Gasteiger charge is -2.39. The van der Waals surface area contributed by atoms with Crippen LogP contribution in [0.25, 0.3) is 0 Å². The van der Waals surface area contributed by atoms with Crippen LogP contribution >= 0.6 is 15.9 Å². The highest BCUT2D eigenvalue weighted by Gasteiger charge is 2.34. The first kappa shape index (κ1) is 15.0. The van der Waals surface area contributed by atoms with Crippen molar-refractivity contribution in [1.29, 1.82) is 0 Å². The predicted octanol–water partition coefficient (Wildman–Crippen LogP) is 3.84. The van der Waals surface area contributed by atoms with E-state index in [1.165, 1.54) is 25.3 Å². The highest BCUT2D eigenvalue weighted by Crippen LogP contribution is 2.32. The maximum Gasteiger partial charge on any atom is 0.241 e. The van der Waals surface area contributed by atoms with Gasteiger partial charge in [0.1, 0.15) is 5.82 Å². The lowest BCUT2D eigenvalue weighted by atomic mass is 9.77. The van der Waals surface area contributed by atoms with Gasteiger partial charge in [-0.2, -0.15) is 0 Å². The van der Waals surface area contributed by atoms with Crippen LogP contribution in [0.2, 0.25) is 0 Å². The zero-order chi connectivity index (χ0) is 14.8. The van der Waals surface area contributed by atoms with Gasteiger partial charge < -0.3 is 10.6 Å². The smallest absolute Gasteiger partial charge is 0.241 e. The van der Waals surface area contributed by atoms with Crippen molar-refractivity contribution in [2.24, 2.45) is 5.92 Å². The van der Waals surface area contributed by atoms with E-state index in [1.807, 2.05) is 0 Å². The molecule has 21 heavy (non-hydrogen) atoms. The third-order valence-corrected chi connectivity index (χ3v) is 5.15. The molecule has 0 radical (unpaired) electrons. The van der Waals surface area contributed by atoms with Crippen LogP contribution in [0, 0.1) is 11.7 Å².